The molecule has 1 aliphatic rings. The number of rotatable bonds is 9. The van der Waals surface area contributed by atoms with Crippen molar-refractivity contribution in [2.24, 2.45) is 0 Å². The van der Waals surface area contributed by atoms with Gasteiger partial charge in [0.05, 0.1) is 10.9 Å². The SMILES string of the molecule is O=C(Nc1ccc(SC2CC(=O)N(c3ccc(-c4nc5ccccc5o4)cc3)C2=O)cc1)/C(=C/c1ccc(Cl)cc1)NC(=O)c1ccccc1. The zero-order valence-electron chi connectivity index (χ0n) is 26.2. The van der Waals surface area contributed by atoms with E-state index in [1.165, 1.54) is 16.7 Å². The number of amides is 4. The van der Waals surface area contributed by atoms with Crippen molar-refractivity contribution in [3.8, 4) is 11.5 Å². The third-order valence-electron chi connectivity index (χ3n) is 7.87. The van der Waals surface area contributed by atoms with E-state index in [9.17, 15) is 19.2 Å². The topological polar surface area (TPSA) is 122 Å². The van der Waals surface area contributed by atoms with Crippen LogP contribution in [0.25, 0.3) is 28.6 Å². The van der Waals surface area contributed by atoms with Crippen molar-refractivity contribution in [2.45, 2.75) is 16.6 Å². The summed E-state index contributed by atoms with van der Waals surface area (Å²) >= 11 is 7.30. The summed E-state index contributed by atoms with van der Waals surface area (Å²) in [5.74, 6) is -1.10. The molecule has 7 rings (SSSR count). The number of benzene rings is 5. The van der Waals surface area contributed by atoms with E-state index in [4.69, 9.17) is 16.0 Å². The molecule has 2 N–H and O–H groups in total. The van der Waals surface area contributed by atoms with Gasteiger partial charge in [-0.2, -0.15) is 0 Å². The first-order valence-corrected chi connectivity index (χ1v) is 16.8. The molecule has 5 aromatic carbocycles. The summed E-state index contributed by atoms with van der Waals surface area (Å²) in [5.41, 5.74) is 4.21. The molecule has 11 heteroatoms. The van der Waals surface area contributed by atoms with Crippen molar-refractivity contribution in [1.82, 2.24) is 10.3 Å². The lowest BCUT2D eigenvalue weighted by Gasteiger charge is -2.15. The Labute approximate surface area is 296 Å². The van der Waals surface area contributed by atoms with Crippen LogP contribution < -0.4 is 15.5 Å². The van der Waals surface area contributed by atoms with Gasteiger partial charge in [-0.3, -0.25) is 19.2 Å². The Balaban J connectivity index is 1.01. The van der Waals surface area contributed by atoms with Gasteiger partial charge in [0.25, 0.3) is 11.8 Å². The Morgan fingerprint density at radius 3 is 2.26 bits per heavy atom. The van der Waals surface area contributed by atoms with Gasteiger partial charge in [0, 0.05) is 33.2 Å². The maximum absolute atomic E-state index is 13.4. The van der Waals surface area contributed by atoms with Crippen LogP contribution in [0.4, 0.5) is 11.4 Å². The van der Waals surface area contributed by atoms with Crippen LogP contribution >= 0.6 is 23.4 Å². The van der Waals surface area contributed by atoms with Crippen LogP contribution in [-0.2, 0) is 14.4 Å². The van der Waals surface area contributed by atoms with Crippen molar-refractivity contribution >= 4 is 75.5 Å². The second-order valence-corrected chi connectivity index (χ2v) is 13.0. The Bertz CT molecular complexity index is 2220. The lowest BCUT2D eigenvalue weighted by Crippen LogP contribution is -2.31. The number of halogens is 1. The van der Waals surface area contributed by atoms with E-state index in [0.717, 1.165) is 16.0 Å². The van der Waals surface area contributed by atoms with Crippen LogP contribution in [-0.4, -0.2) is 33.9 Å². The summed E-state index contributed by atoms with van der Waals surface area (Å²) in [6.45, 7) is 0. The van der Waals surface area contributed by atoms with Crippen molar-refractivity contribution in [1.29, 1.82) is 0 Å². The number of nitrogens with zero attached hydrogens (tertiary/aromatic N) is 2. The van der Waals surface area contributed by atoms with Crippen molar-refractivity contribution in [2.75, 3.05) is 10.2 Å². The van der Waals surface area contributed by atoms with Crippen LogP contribution in [0.2, 0.25) is 5.02 Å². The maximum Gasteiger partial charge on any atom is 0.272 e. The van der Waals surface area contributed by atoms with E-state index in [-0.39, 0.29) is 23.9 Å². The number of hydrogen-bond acceptors (Lipinski definition) is 7. The molecule has 0 radical (unpaired) electrons. The van der Waals surface area contributed by atoms with Gasteiger partial charge in [-0.1, -0.05) is 54.1 Å². The summed E-state index contributed by atoms with van der Waals surface area (Å²) in [6.07, 6.45) is 1.61. The molecule has 50 heavy (non-hydrogen) atoms. The van der Waals surface area contributed by atoms with Crippen LogP contribution in [0.15, 0.2) is 142 Å². The molecule has 1 saturated heterocycles. The third kappa shape index (κ3) is 7.21. The summed E-state index contributed by atoms with van der Waals surface area (Å²) in [5, 5.41) is 5.47. The number of para-hydroxylation sites is 2. The number of thioether (sulfide) groups is 1. The van der Waals surface area contributed by atoms with Gasteiger partial charge in [-0.05, 0) is 96.6 Å². The molecule has 1 unspecified atom stereocenters. The molecule has 4 amide bonds. The first-order valence-electron chi connectivity index (χ1n) is 15.6. The minimum Gasteiger partial charge on any atom is -0.436 e. The van der Waals surface area contributed by atoms with Crippen molar-refractivity contribution < 1.29 is 23.6 Å². The standard InChI is InChI=1S/C39H27ClN4O5S/c40-27-14-10-24(11-15-27)22-32(42-36(46)25-6-2-1-3-7-25)37(47)41-28-16-20-30(21-17-28)50-34-23-35(45)44(39(34)48)29-18-12-26(13-19-29)38-43-31-8-4-5-9-33(31)49-38/h1-22,34H,23H2,(H,41,47)(H,42,46)/b32-22-. The fraction of sp³-hybridized carbons (Fsp3) is 0.0513. The number of anilines is 2. The first-order chi connectivity index (χ1) is 24.3. The van der Waals surface area contributed by atoms with Crippen LogP contribution in [0.5, 0.6) is 0 Å². The summed E-state index contributed by atoms with van der Waals surface area (Å²) in [4.78, 5) is 59.1. The lowest BCUT2D eigenvalue weighted by molar-refractivity contribution is -0.121. The van der Waals surface area contributed by atoms with E-state index in [2.05, 4.69) is 15.6 Å². The monoisotopic (exact) mass is 698 g/mol. The average Bonchev–Trinajstić information content (AvgIpc) is 3.69. The molecular weight excluding hydrogens is 672 g/mol. The minimum atomic E-state index is -0.609. The quantitative estimate of drug-likeness (QED) is 0.116. The Kier molecular flexibility index (Phi) is 9.28. The second kappa shape index (κ2) is 14.3. The van der Waals surface area contributed by atoms with Crippen molar-refractivity contribution in [3.05, 3.63) is 149 Å². The number of imide groups is 1. The number of carbonyl (C=O) groups excluding carboxylic acids is 4. The normalized spacial score (nSPS) is 14.6. The first kappa shape index (κ1) is 32.6. The van der Waals surface area contributed by atoms with Gasteiger partial charge < -0.3 is 15.1 Å². The fourth-order valence-electron chi connectivity index (χ4n) is 5.36. The molecule has 1 atom stereocenters. The molecule has 0 bridgehead atoms. The lowest BCUT2D eigenvalue weighted by atomic mass is 10.1. The highest BCUT2D eigenvalue weighted by Crippen LogP contribution is 2.35. The molecular formula is C39H27ClN4O5S. The predicted molar refractivity (Wildman–Crippen MR) is 195 cm³/mol. The number of nitrogens with one attached hydrogen (secondary N) is 2. The average molecular weight is 699 g/mol. The molecule has 0 aliphatic carbocycles. The molecule has 0 saturated carbocycles. The smallest absolute Gasteiger partial charge is 0.272 e. The van der Waals surface area contributed by atoms with E-state index in [1.54, 1.807) is 109 Å². The third-order valence-corrected chi connectivity index (χ3v) is 9.32. The van der Waals surface area contributed by atoms with E-state index in [0.29, 0.717) is 39.0 Å². The molecule has 1 aliphatic heterocycles. The van der Waals surface area contributed by atoms with Gasteiger partial charge in [0.15, 0.2) is 5.58 Å². The van der Waals surface area contributed by atoms with Gasteiger partial charge >= 0.3 is 0 Å². The van der Waals surface area contributed by atoms with Crippen LogP contribution in [0, 0.1) is 0 Å². The molecule has 9 nitrogen and oxygen atoms in total. The number of fused-ring (bicyclic) bond motifs is 1. The number of hydrogen-bond donors (Lipinski definition) is 2. The highest BCUT2D eigenvalue weighted by molar-refractivity contribution is 8.00. The van der Waals surface area contributed by atoms with Crippen molar-refractivity contribution in [3.63, 3.8) is 0 Å². The van der Waals surface area contributed by atoms with Gasteiger partial charge in [0.1, 0.15) is 11.2 Å². The van der Waals surface area contributed by atoms with Gasteiger partial charge in [0.2, 0.25) is 17.7 Å². The molecule has 2 heterocycles. The zero-order valence-corrected chi connectivity index (χ0v) is 27.8. The van der Waals surface area contributed by atoms with Crippen LogP contribution in [0.3, 0.4) is 0 Å². The van der Waals surface area contributed by atoms with Gasteiger partial charge in [-0.15, -0.1) is 11.8 Å². The number of aromatic nitrogens is 1. The van der Waals surface area contributed by atoms with Gasteiger partial charge in [-0.25, -0.2) is 9.88 Å². The van der Waals surface area contributed by atoms with E-state index < -0.39 is 17.1 Å². The Hall–Kier alpha value is -5.97. The second-order valence-electron chi connectivity index (χ2n) is 11.3. The zero-order chi connectivity index (χ0) is 34.6. The minimum absolute atomic E-state index is 0.0386. The Morgan fingerprint density at radius 1 is 0.840 bits per heavy atom. The molecule has 0 spiro atoms. The highest BCUT2D eigenvalue weighted by atomic mass is 35.5. The number of oxazole rings is 1. The molecule has 1 fully saturated rings. The predicted octanol–water partition coefficient (Wildman–Crippen LogP) is 7.98. The fourth-order valence-corrected chi connectivity index (χ4v) is 6.54. The summed E-state index contributed by atoms with van der Waals surface area (Å²) < 4.78 is 5.84. The molecule has 1 aromatic heterocycles. The van der Waals surface area contributed by atoms with E-state index >= 15 is 0 Å². The summed E-state index contributed by atoms with van der Waals surface area (Å²) in [6, 6.07) is 36.8. The highest BCUT2D eigenvalue weighted by Gasteiger charge is 2.40. The number of carbonyl (C=O) groups is 4. The summed E-state index contributed by atoms with van der Waals surface area (Å²) in [7, 11) is 0. The van der Waals surface area contributed by atoms with Crippen LogP contribution in [0.1, 0.15) is 22.3 Å². The maximum atomic E-state index is 13.4. The van der Waals surface area contributed by atoms with E-state index in [1.807, 2.05) is 24.3 Å². The Morgan fingerprint density at radius 2 is 1.54 bits per heavy atom. The molecule has 246 valence electrons. The molecule has 6 aromatic rings. The largest absolute Gasteiger partial charge is 0.436 e.